The maximum atomic E-state index is 13.3. The summed E-state index contributed by atoms with van der Waals surface area (Å²) in [7, 11) is 0. The number of anilines is 1. The van der Waals surface area contributed by atoms with Crippen molar-refractivity contribution < 1.29 is 14.3 Å². The third kappa shape index (κ3) is 2.11. The molecule has 1 aromatic heterocycles. The quantitative estimate of drug-likeness (QED) is 0.879. The molecule has 0 saturated heterocycles. The number of rotatable bonds is 2. The minimum atomic E-state index is -1.13. The summed E-state index contributed by atoms with van der Waals surface area (Å²) in [5, 5.41) is 10.8. The molecular weight excluding hydrogens is 265 g/mol. The molecule has 3 nitrogen and oxygen atoms in total. The standard InChI is InChI=1S/C11H7ClFNO2S/c12-7-2-1-5(3-8(7)13)6-4-17-10(14)9(6)11(15)16/h1-4H,14H2,(H,15,16). The number of carboxylic acids is 1. The van der Waals surface area contributed by atoms with Gasteiger partial charge in [0.05, 0.1) is 5.02 Å². The van der Waals surface area contributed by atoms with Crippen LogP contribution in [-0.2, 0) is 0 Å². The van der Waals surface area contributed by atoms with E-state index < -0.39 is 11.8 Å². The molecule has 0 spiro atoms. The Hall–Kier alpha value is -1.59. The highest BCUT2D eigenvalue weighted by atomic mass is 35.5. The average Bonchev–Trinajstić information content (AvgIpc) is 2.64. The lowest BCUT2D eigenvalue weighted by Crippen LogP contribution is -2.00. The molecule has 0 unspecified atom stereocenters. The van der Waals surface area contributed by atoms with Gasteiger partial charge in [-0.05, 0) is 17.7 Å². The van der Waals surface area contributed by atoms with Crippen molar-refractivity contribution in [1.29, 1.82) is 0 Å². The molecule has 2 aromatic rings. The lowest BCUT2D eigenvalue weighted by Gasteiger charge is -2.02. The molecule has 0 fully saturated rings. The molecule has 0 atom stereocenters. The number of aromatic carboxylic acids is 1. The van der Waals surface area contributed by atoms with Gasteiger partial charge in [0.15, 0.2) is 0 Å². The second kappa shape index (κ2) is 4.35. The number of nitrogen functional groups attached to an aromatic ring is 1. The highest BCUT2D eigenvalue weighted by molar-refractivity contribution is 7.14. The van der Waals surface area contributed by atoms with Crippen LogP contribution in [0.2, 0.25) is 5.02 Å². The first kappa shape index (κ1) is 11.9. The number of carbonyl (C=O) groups is 1. The summed E-state index contributed by atoms with van der Waals surface area (Å²) in [6.07, 6.45) is 0. The fourth-order valence-electron chi connectivity index (χ4n) is 1.47. The van der Waals surface area contributed by atoms with Gasteiger partial charge >= 0.3 is 5.97 Å². The Morgan fingerprint density at radius 2 is 2.18 bits per heavy atom. The van der Waals surface area contributed by atoms with Crippen LogP contribution in [0, 0.1) is 5.82 Å². The summed E-state index contributed by atoms with van der Waals surface area (Å²) in [6, 6.07) is 4.13. The van der Waals surface area contributed by atoms with Crippen LogP contribution < -0.4 is 5.73 Å². The van der Waals surface area contributed by atoms with Crippen molar-refractivity contribution in [3.63, 3.8) is 0 Å². The third-order valence-corrected chi connectivity index (χ3v) is 3.38. The molecule has 0 saturated carbocycles. The van der Waals surface area contributed by atoms with Crippen LogP contribution in [0.1, 0.15) is 10.4 Å². The topological polar surface area (TPSA) is 63.3 Å². The number of carboxylic acid groups (broad SMARTS) is 1. The summed E-state index contributed by atoms with van der Waals surface area (Å²) in [5.41, 5.74) is 6.40. The maximum absolute atomic E-state index is 13.3. The Bertz CT molecular complexity index is 597. The number of hydrogen-bond acceptors (Lipinski definition) is 3. The van der Waals surface area contributed by atoms with E-state index in [4.69, 9.17) is 22.4 Å². The van der Waals surface area contributed by atoms with Gasteiger partial charge in [-0.25, -0.2) is 9.18 Å². The van der Waals surface area contributed by atoms with Crippen molar-refractivity contribution >= 4 is 33.9 Å². The first-order chi connectivity index (χ1) is 8.00. The van der Waals surface area contributed by atoms with E-state index in [-0.39, 0.29) is 15.6 Å². The lowest BCUT2D eigenvalue weighted by molar-refractivity contribution is 0.0699. The van der Waals surface area contributed by atoms with Crippen molar-refractivity contribution in [2.45, 2.75) is 0 Å². The summed E-state index contributed by atoms with van der Waals surface area (Å²) in [6.45, 7) is 0. The summed E-state index contributed by atoms with van der Waals surface area (Å²) in [5.74, 6) is -1.72. The fraction of sp³-hybridized carbons (Fsp3) is 0. The third-order valence-electron chi connectivity index (χ3n) is 2.26. The molecule has 0 radical (unpaired) electrons. The van der Waals surface area contributed by atoms with E-state index in [1.165, 1.54) is 12.1 Å². The zero-order valence-electron chi connectivity index (χ0n) is 8.41. The number of benzene rings is 1. The zero-order chi connectivity index (χ0) is 12.6. The van der Waals surface area contributed by atoms with Crippen molar-refractivity contribution in [1.82, 2.24) is 0 Å². The van der Waals surface area contributed by atoms with Crippen molar-refractivity contribution in [2.24, 2.45) is 0 Å². The largest absolute Gasteiger partial charge is 0.478 e. The van der Waals surface area contributed by atoms with Crippen LogP contribution in [0.3, 0.4) is 0 Å². The van der Waals surface area contributed by atoms with E-state index in [9.17, 15) is 9.18 Å². The van der Waals surface area contributed by atoms with E-state index in [0.29, 0.717) is 11.1 Å². The predicted octanol–water partition coefficient (Wildman–Crippen LogP) is 3.49. The minimum absolute atomic E-state index is 0.00303. The van der Waals surface area contributed by atoms with Crippen molar-refractivity contribution in [3.8, 4) is 11.1 Å². The minimum Gasteiger partial charge on any atom is -0.478 e. The Morgan fingerprint density at radius 1 is 1.47 bits per heavy atom. The molecule has 6 heteroatoms. The summed E-state index contributed by atoms with van der Waals surface area (Å²) < 4.78 is 13.3. The number of hydrogen-bond donors (Lipinski definition) is 2. The van der Waals surface area contributed by atoms with Crippen LogP contribution >= 0.6 is 22.9 Å². The van der Waals surface area contributed by atoms with Crippen molar-refractivity contribution in [3.05, 3.63) is 40.0 Å². The summed E-state index contributed by atoms with van der Waals surface area (Å²) in [4.78, 5) is 11.0. The number of nitrogens with two attached hydrogens (primary N) is 1. The van der Waals surface area contributed by atoms with E-state index in [0.717, 1.165) is 11.3 Å². The van der Waals surface area contributed by atoms with Crippen LogP contribution in [0.5, 0.6) is 0 Å². The fourth-order valence-corrected chi connectivity index (χ4v) is 2.40. The zero-order valence-corrected chi connectivity index (χ0v) is 9.98. The Balaban J connectivity index is 2.60. The molecule has 1 heterocycles. The van der Waals surface area contributed by atoms with Gasteiger partial charge in [-0.2, -0.15) is 0 Å². The van der Waals surface area contributed by atoms with Gasteiger partial charge in [0.25, 0.3) is 0 Å². The molecule has 3 N–H and O–H groups in total. The predicted molar refractivity (Wildman–Crippen MR) is 66.1 cm³/mol. The molecular formula is C11H7ClFNO2S. The Kier molecular flexibility index (Phi) is 3.04. The van der Waals surface area contributed by atoms with Crippen LogP contribution in [0.15, 0.2) is 23.6 Å². The van der Waals surface area contributed by atoms with Gasteiger partial charge in [0.1, 0.15) is 16.4 Å². The monoisotopic (exact) mass is 271 g/mol. The molecule has 88 valence electrons. The van der Waals surface area contributed by atoms with E-state index in [1.807, 2.05) is 0 Å². The second-order valence-electron chi connectivity index (χ2n) is 3.32. The van der Waals surface area contributed by atoms with E-state index in [2.05, 4.69) is 0 Å². The van der Waals surface area contributed by atoms with Gasteiger partial charge in [-0.1, -0.05) is 17.7 Å². The number of thiophene rings is 1. The van der Waals surface area contributed by atoms with Gasteiger partial charge in [0.2, 0.25) is 0 Å². The average molecular weight is 272 g/mol. The Morgan fingerprint density at radius 3 is 2.76 bits per heavy atom. The number of halogens is 2. The lowest BCUT2D eigenvalue weighted by atomic mass is 10.0. The first-order valence-corrected chi connectivity index (χ1v) is 5.82. The van der Waals surface area contributed by atoms with E-state index >= 15 is 0 Å². The highest BCUT2D eigenvalue weighted by Gasteiger charge is 2.18. The maximum Gasteiger partial charge on any atom is 0.339 e. The Labute approximate surface area is 105 Å². The molecule has 0 bridgehead atoms. The molecule has 0 aliphatic rings. The molecule has 2 rings (SSSR count). The van der Waals surface area contributed by atoms with Gasteiger partial charge in [0, 0.05) is 10.9 Å². The van der Waals surface area contributed by atoms with E-state index in [1.54, 1.807) is 11.4 Å². The molecule has 17 heavy (non-hydrogen) atoms. The van der Waals surface area contributed by atoms with Crippen molar-refractivity contribution in [2.75, 3.05) is 5.73 Å². The molecule has 0 amide bonds. The molecule has 1 aromatic carbocycles. The van der Waals surface area contributed by atoms with Gasteiger partial charge in [-0.15, -0.1) is 11.3 Å². The van der Waals surface area contributed by atoms with Crippen LogP contribution in [-0.4, -0.2) is 11.1 Å². The SMILES string of the molecule is Nc1scc(-c2ccc(Cl)c(F)c2)c1C(=O)O. The highest BCUT2D eigenvalue weighted by Crippen LogP contribution is 2.34. The smallest absolute Gasteiger partial charge is 0.339 e. The first-order valence-electron chi connectivity index (χ1n) is 4.56. The summed E-state index contributed by atoms with van der Waals surface area (Å²) >= 11 is 6.67. The normalized spacial score (nSPS) is 10.5. The van der Waals surface area contributed by atoms with Gasteiger partial charge < -0.3 is 10.8 Å². The second-order valence-corrected chi connectivity index (χ2v) is 4.64. The van der Waals surface area contributed by atoms with Crippen LogP contribution in [0.25, 0.3) is 11.1 Å². The van der Waals surface area contributed by atoms with Gasteiger partial charge in [-0.3, -0.25) is 0 Å². The molecule has 0 aliphatic carbocycles. The van der Waals surface area contributed by atoms with Crippen LogP contribution in [0.4, 0.5) is 9.39 Å². The molecule has 0 aliphatic heterocycles.